The predicted octanol–water partition coefficient (Wildman–Crippen LogP) is 2.98. The molecule has 0 N–H and O–H groups in total. The van der Waals surface area contributed by atoms with E-state index in [2.05, 4.69) is 38.1 Å². The van der Waals surface area contributed by atoms with Crippen molar-refractivity contribution >= 4 is 33.4 Å². The van der Waals surface area contributed by atoms with Gasteiger partial charge in [0.1, 0.15) is 6.04 Å². The highest BCUT2D eigenvalue weighted by atomic mass is 79.9. The Labute approximate surface area is 160 Å². The molecule has 3 aliphatic heterocycles. The van der Waals surface area contributed by atoms with Crippen molar-refractivity contribution in [2.24, 2.45) is 5.92 Å². The van der Waals surface area contributed by atoms with E-state index >= 15 is 0 Å². The third-order valence-corrected chi connectivity index (χ3v) is 6.16. The number of benzene rings is 2. The lowest BCUT2D eigenvalue weighted by atomic mass is 9.90. The molecule has 3 aliphatic rings. The van der Waals surface area contributed by atoms with E-state index in [4.69, 9.17) is 0 Å². The summed E-state index contributed by atoms with van der Waals surface area (Å²) in [6.07, 6.45) is 1.02. The molecule has 0 radical (unpaired) electrons. The van der Waals surface area contributed by atoms with Crippen LogP contribution in [0.2, 0.25) is 0 Å². The van der Waals surface area contributed by atoms with E-state index in [9.17, 15) is 9.59 Å². The normalized spacial score (nSPS) is 28.7. The zero-order valence-corrected chi connectivity index (χ0v) is 15.7. The van der Waals surface area contributed by atoms with Gasteiger partial charge >= 0.3 is 0 Å². The summed E-state index contributed by atoms with van der Waals surface area (Å²) in [6.45, 7) is 1.72. The van der Waals surface area contributed by atoms with Gasteiger partial charge in [0.15, 0.2) is 0 Å². The van der Waals surface area contributed by atoms with Crippen molar-refractivity contribution in [2.75, 3.05) is 18.0 Å². The largest absolute Gasteiger partial charge is 0.274 e. The van der Waals surface area contributed by atoms with E-state index in [-0.39, 0.29) is 29.8 Å². The Morgan fingerprint density at radius 1 is 0.808 bits per heavy atom. The summed E-state index contributed by atoms with van der Waals surface area (Å²) in [6, 6.07) is 16.9. The fraction of sp³-hybridized carbons (Fsp3) is 0.300. The van der Waals surface area contributed by atoms with Crippen molar-refractivity contribution in [3.63, 3.8) is 0 Å². The molecule has 0 spiro atoms. The number of halogens is 1. The monoisotopic (exact) mass is 411 g/mol. The number of carbonyl (C=O) groups excluding carboxylic acids is 2. The number of amides is 2. The molecule has 3 heterocycles. The van der Waals surface area contributed by atoms with Crippen LogP contribution in [0.25, 0.3) is 0 Å². The number of para-hydroxylation sites is 1. The molecular weight excluding hydrogens is 394 g/mol. The quantitative estimate of drug-likeness (QED) is 0.712. The highest BCUT2D eigenvalue weighted by Crippen LogP contribution is 2.48. The minimum atomic E-state index is -0.390. The molecule has 0 saturated carbocycles. The number of carbonyl (C=O) groups is 2. The molecule has 2 aromatic rings. The second kappa shape index (κ2) is 6.01. The minimum Gasteiger partial charge on any atom is -0.274 e. The lowest BCUT2D eigenvalue weighted by Crippen LogP contribution is -2.44. The van der Waals surface area contributed by atoms with E-state index in [0.717, 1.165) is 29.5 Å². The summed E-state index contributed by atoms with van der Waals surface area (Å²) in [5.74, 6) is -0.546. The van der Waals surface area contributed by atoms with Crippen LogP contribution in [0, 0.1) is 5.92 Å². The third kappa shape index (κ3) is 2.22. The Kier molecular flexibility index (Phi) is 3.74. The zero-order valence-electron chi connectivity index (χ0n) is 14.1. The fourth-order valence-corrected chi connectivity index (χ4v) is 4.87. The average molecular weight is 412 g/mol. The van der Waals surface area contributed by atoms with E-state index < -0.39 is 0 Å². The van der Waals surface area contributed by atoms with Gasteiger partial charge in [0.2, 0.25) is 5.91 Å². The molecule has 0 unspecified atom stereocenters. The maximum absolute atomic E-state index is 13.3. The van der Waals surface area contributed by atoms with E-state index in [0.29, 0.717) is 5.69 Å². The molecule has 0 aromatic heterocycles. The van der Waals surface area contributed by atoms with Crippen LogP contribution >= 0.6 is 15.9 Å². The Hall–Kier alpha value is -2.02. The van der Waals surface area contributed by atoms with Crippen molar-refractivity contribution in [3.05, 3.63) is 64.6 Å². The van der Waals surface area contributed by atoms with Crippen LogP contribution < -0.4 is 4.90 Å². The van der Waals surface area contributed by atoms with Crippen LogP contribution in [0.5, 0.6) is 0 Å². The molecular formula is C20H18BrN3O2. The maximum atomic E-state index is 13.3. The number of imide groups is 1. The van der Waals surface area contributed by atoms with E-state index in [1.807, 2.05) is 42.5 Å². The summed E-state index contributed by atoms with van der Waals surface area (Å²) in [4.78, 5) is 27.9. The summed E-state index contributed by atoms with van der Waals surface area (Å²) in [5, 5.41) is 4.36. The molecule has 5 nitrogen and oxygen atoms in total. The highest BCUT2D eigenvalue weighted by molar-refractivity contribution is 9.10. The van der Waals surface area contributed by atoms with Gasteiger partial charge in [-0.15, -0.1) is 0 Å². The molecule has 3 saturated heterocycles. The first-order valence-corrected chi connectivity index (χ1v) is 9.67. The van der Waals surface area contributed by atoms with Gasteiger partial charge < -0.3 is 0 Å². The SMILES string of the molecule is O=C1[C@H]2[C@@H](C(=O)N1c1ccccc1)N1CCCN1[C@@H]2c1ccc(Br)cc1. The Morgan fingerprint density at radius 3 is 2.15 bits per heavy atom. The van der Waals surface area contributed by atoms with Gasteiger partial charge in [-0.3, -0.25) is 9.59 Å². The molecule has 2 aromatic carbocycles. The molecule has 132 valence electrons. The molecule has 26 heavy (non-hydrogen) atoms. The number of hydrogen-bond acceptors (Lipinski definition) is 4. The Bertz CT molecular complexity index is 870. The number of nitrogens with zero attached hydrogens (tertiary/aromatic N) is 3. The first kappa shape index (κ1) is 16.2. The van der Waals surface area contributed by atoms with Gasteiger partial charge in [0, 0.05) is 17.6 Å². The van der Waals surface area contributed by atoms with Gasteiger partial charge in [-0.05, 0) is 36.2 Å². The van der Waals surface area contributed by atoms with Crippen LogP contribution in [0.3, 0.4) is 0 Å². The summed E-state index contributed by atoms with van der Waals surface area (Å²) in [7, 11) is 0. The standard InChI is InChI=1S/C20H18BrN3O2/c21-14-9-7-13(8-10-14)17-16-18(23-12-4-11-22(17)23)20(26)24(19(16)25)15-5-2-1-3-6-15/h1-3,5-10,16-18H,4,11-12H2/t16-,17-,18+/m1/s1. The van der Waals surface area contributed by atoms with Crippen LogP contribution in [0.15, 0.2) is 59.1 Å². The molecule has 3 atom stereocenters. The van der Waals surface area contributed by atoms with Gasteiger partial charge in [-0.2, -0.15) is 0 Å². The number of hydrogen-bond donors (Lipinski definition) is 0. The molecule has 0 bridgehead atoms. The molecule has 2 amide bonds. The number of anilines is 1. The lowest BCUT2D eigenvalue weighted by Gasteiger charge is -2.29. The minimum absolute atomic E-state index is 0.0826. The number of fused-ring (bicyclic) bond motifs is 3. The van der Waals surface area contributed by atoms with Crippen molar-refractivity contribution in [1.82, 2.24) is 10.0 Å². The molecule has 0 aliphatic carbocycles. The van der Waals surface area contributed by atoms with E-state index in [1.165, 1.54) is 4.90 Å². The van der Waals surface area contributed by atoms with Gasteiger partial charge in [-0.1, -0.05) is 46.3 Å². The van der Waals surface area contributed by atoms with Crippen molar-refractivity contribution < 1.29 is 9.59 Å². The van der Waals surface area contributed by atoms with Crippen LogP contribution in [0.1, 0.15) is 18.0 Å². The zero-order chi connectivity index (χ0) is 17.8. The summed E-state index contributed by atoms with van der Waals surface area (Å²) < 4.78 is 1.01. The van der Waals surface area contributed by atoms with Crippen LogP contribution in [-0.2, 0) is 9.59 Å². The van der Waals surface area contributed by atoms with E-state index in [1.54, 1.807) is 0 Å². The Morgan fingerprint density at radius 2 is 1.46 bits per heavy atom. The van der Waals surface area contributed by atoms with Gasteiger partial charge in [-0.25, -0.2) is 14.9 Å². The number of rotatable bonds is 2. The topological polar surface area (TPSA) is 43.9 Å². The van der Waals surface area contributed by atoms with Crippen LogP contribution in [-0.4, -0.2) is 41.0 Å². The van der Waals surface area contributed by atoms with Crippen molar-refractivity contribution in [2.45, 2.75) is 18.5 Å². The number of hydrazine groups is 1. The summed E-state index contributed by atoms with van der Waals surface area (Å²) in [5.41, 5.74) is 1.75. The van der Waals surface area contributed by atoms with Crippen molar-refractivity contribution in [1.29, 1.82) is 0 Å². The predicted molar refractivity (Wildman–Crippen MR) is 101 cm³/mol. The molecule has 6 heteroatoms. The van der Waals surface area contributed by atoms with Crippen LogP contribution in [0.4, 0.5) is 5.69 Å². The smallest absolute Gasteiger partial charge is 0.253 e. The Balaban J connectivity index is 1.59. The van der Waals surface area contributed by atoms with Gasteiger partial charge in [0.05, 0.1) is 17.6 Å². The molecule has 3 fully saturated rings. The van der Waals surface area contributed by atoms with Crippen molar-refractivity contribution in [3.8, 4) is 0 Å². The first-order chi connectivity index (χ1) is 12.7. The third-order valence-electron chi connectivity index (χ3n) is 5.63. The average Bonchev–Trinajstić information content (AvgIpc) is 3.29. The molecule has 5 rings (SSSR count). The maximum Gasteiger partial charge on any atom is 0.253 e. The second-order valence-electron chi connectivity index (χ2n) is 6.99. The van der Waals surface area contributed by atoms with Gasteiger partial charge in [0.25, 0.3) is 5.91 Å². The lowest BCUT2D eigenvalue weighted by molar-refractivity contribution is -0.126. The summed E-state index contributed by atoms with van der Waals surface area (Å²) >= 11 is 3.48. The second-order valence-corrected chi connectivity index (χ2v) is 7.91. The fourth-order valence-electron chi connectivity index (χ4n) is 4.60. The first-order valence-electron chi connectivity index (χ1n) is 8.88. The highest BCUT2D eigenvalue weighted by Gasteiger charge is 2.62.